The number of carbonyl (C=O) groups excluding carboxylic acids is 2. The van der Waals surface area contributed by atoms with Gasteiger partial charge in [-0.15, -0.1) is 0 Å². The summed E-state index contributed by atoms with van der Waals surface area (Å²) in [5.41, 5.74) is 9.90. The van der Waals surface area contributed by atoms with E-state index in [1.165, 1.54) is 0 Å². The van der Waals surface area contributed by atoms with Gasteiger partial charge in [0.15, 0.2) is 12.4 Å². The number of carbonyl (C=O) groups is 2. The van der Waals surface area contributed by atoms with Gasteiger partial charge in [0.2, 0.25) is 0 Å². The van der Waals surface area contributed by atoms with Gasteiger partial charge in [0.05, 0.1) is 5.71 Å². The molecule has 1 aromatic carbocycles. The summed E-state index contributed by atoms with van der Waals surface area (Å²) >= 11 is 0. The largest absolute Gasteiger partial charge is 0.484 e. The summed E-state index contributed by atoms with van der Waals surface area (Å²) in [6.45, 7) is 5.78. The van der Waals surface area contributed by atoms with Crippen LogP contribution in [0.5, 0.6) is 5.75 Å². The fourth-order valence-corrected chi connectivity index (χ4v) is 3.27. The molecule has 0 atom stereocenters. The Morgan fingerprint density at radius 1 is 1.26 bits per heavy atom. The molecule has 0 fully saturated rings. The fraction of sp³-hybridized carbons (Fsp3) is 0.350. The van der Waals surface area contributed by atoms with E-state index in [9.17, 15) is 9.59 Å². The molecule has 1 heterocycles. The number of nitrogens with two attached hydrogens (primary N) is 1. The SMILES string of the molecule is Cc1c(C(N)=O)oc2c1/C(=N/NC(=O)COc1ccccc1)CC(C)(C)C2. The van der Waals surface area contributed by atoms with Crippen LogP contribution < -0.4 is 15.9 Å². The summed E-state index contributed by atoms with van der Waals surface area (Å²) in [5, 5.41) is 4.29. The molecule has 27 heavy (non-hydrogen) atoms. The molecular formula is C20H23N3O4. The molecule has 0 unspecified atom stereocenters. The molecule has 2 amide bonds. The molecule has 3 N–H and O–H groups in total. The number of para-hydroxylation sites is 1. The van der Waals surface area contributed by atoms with Gasteiger partial charge in [0.25, 0.3) is 11.8 Å². The highest BCUT2D eigenvalue weighted by Crippen LogP contribution is 2.38. The smallest absolute Gasteiger partial charge is 0.284 e. The Balaban J connectivity index is 1.77. The Bertz CT molecular complexity index is 897. The van der Waals surface area contributed by atoms with E-state index in [0.29, 0.717) is 35.6 Å². The van der Waals surface area contributed by atoms with Crippen molar-refractivity contribution in [2.24, 2.45) is 16.3 Å². The third-order valence-electron chi connectivity index (χ3n) is 4.45. The fourth-order valence-electron chi connectivity index (χ4n) is 3.27. The Morgan fingerprint density at radius 2 is 1.96 bits per heavy atom. The third-order valence-corrected chi connectivity index (χ3v) is 4.45. The van der Waals surface area contributed by atoms with E-state index in [2.05, 4.69) is 24.4 Å². The van der Waals surface area contributed by atoms with Crippen molar-refractivity contribution in [1.82, 2.24) is 5.43 Å². The van der Waals surface area contributed by atoms with Crippen LogP contribution in [0, 0.1) is 12.3 Å². The zero-order chi connectivity index (χ0) is 19.6. The second kappa shape index (κ2) is 7.26. The zero-order valence-electron chi connectivity index (χ0n) is 15.7. The average molecular weight is 369 g/mol. The number of nitrogens with zero attached hydrogens (tertiary/aromatic N) is 1. The first kappa shape index (κ1) is 18.7. The van der Waals surface area contributed by atoms with Crippen molar-refractivity contribution < 1.29 is 18.7 Å². The van der Waals surface area contributed by atoms with Gasteiger partial charge in [-0.05, 0) is 30.9 Å². The molecule has 0 saturated carbocycles. The first-order valence-electron chi connectivity index (χ1n) is 8.72. The lowest BCUT2D eigenvalue weighted by Crippen LogP contribution is -2.31. The predicted molar refractivity (Wildman–Crippen MR) is 101 cm³/mol. The van der Waals surface area contributed by atoms with Crippen LogP contribution in [-0.4, -0.2) is 24.1 Å². The van der Waals surface area contributed by atoms with Crippen LogP contribution in [0.1, 0.15) is 47.7 Å². The highest BCUT2D eigenvalue weighted by molar-refractivity contribution is 6.07. The highest BCUT2D eigenvalue weighted by atomic mass is 16.5. The van der Waals surface area contributed by atoms with Gasteiger partial charge in [-0.1, -0.05) is 32.0 Å². The summed E-state index contributed by atoms with van der Waals surface area (Å²) in [4.78, 5) is 23.7. The van der Waals surface area contributed by atoms with E-state index < -0.39 is 5.91 Å². The van der Waals surface area contributed by atoms with E-state index in [1.807, 2.05) is 18.2 Å². The maximum absolute atomic E-state index is 12.1. The van der Waals surface area contributed by atoms with Gasteiger partial charge in [-0.2, -0.15) is 5.10 Å². The number of amides is 2. The summed E-state index contributed by atoms with van der Waals surface area (Å²) in [5.74, 6) is 0.445. The van der Waals surface area contributed by atoms with Crippen LogP contribution in [0.3, 0.4) is 0 Å². The van der Waals surface area contributed by atoms with Gasteiger partial charge in [-0.3, -0.25) is 9.59 Å². The van der Waals surface area contributed by atoms with Crippen LogP contribution >= 0.6 is 0 Å². The van der Waals surface area contributed by atoms with Crippen LogP contribution in [0.2, 0.25) is 0 Å². The van der Waals surface area contributed by atoms with Crippen LogP contribution in [0.4, 0.5) is 0 Å². The Kier molecular flexibility index (Phi) is 5.03. The molecule has 2 aromatic rings. The lowest BCUT2D eigenvalue weighted by molar-refractivity contribution is -0.123. The van der Waals surface area contributed by atoms with Gasteiger partial charge < -0.3 is 14.9 Å². The van der Waals surface area contributed by atoms with Gasteiger partial charge in [0.1, 0.15) is 11.5 Å². The molecule has 0 aliphatic heterocycles. The summed E-state index contributed by atoms with van der Waals surface area (Å²) in [7, 11) is 0. The minimum atomic E-state index is -0.612. The van der Waals surface area contributed by atoms with Crippen molar-refractivity contribution in [2.45, 2.75) is 33.6 Å². The lowest BCUT2D eigenvalue weighted by Gasteiger charge is -2.29. The van der Waals surface area contributed by atoms with Crippen molar-refractivity contribution in [3.05, 3.63) is 53.0 Å². The lowest BCUT2D eigenvalue weighted by atomic mass is 9.75. The maximum atomic E-state index is 12.1. The minimum absolute atomic E-state index is 0.115. The van der Waals surface area contributed by atoms with E-state index in [0.717, 1.165) is 5.56 Å². The molecular weight excluding hydrogens is 346 g/mol. The van der Waals surface area contributed by atoms with Crippen LogP contribution in [-0.2, 0) is 11.2 Å². The average Bonchev–Trinajstić information content (AvgIpc) is 2.94. The Morgan fingerprint density at radius 3 is 2.63 bits per heavy atom. The Hall–Kier alpha value is -3.09. The van der Waals surface area contributed by atoms with Crippen molar-refractivity contribution in [2.75, 3.05) is 6.61 Å². The molecule has 0 spiro atoms. The number of hydrogen-bond acceptors (Lipinski definition) is 5. The highest BCUT2D eigenvalue weighted by Gasteiger charge is 2.35. The number of primary amides is 1. The van der Waals surface area contributed by atoms with Crippen molar-refractivity contribution in [3.63, 3.8) is 0 Å². The number of ether oxygens (including phenoxy) is 1. The summed E-state index contributed by atoms with van der Waals surface area (Å²) in [6, 6.07) is 9.08. The second-order valence-electron chi connectivity index (χ2n) is 7.43. The molecule has 3 rings (SSSR count). The van der Waals surface area contributed by atoms with Gasteiger partial charge in [-0.25, -0.2) is 5.43 Å². The minimum Gasteiger partial charge on any atom is -0.484 e. The monoisotopic (exact) mass is 369 g/mol. The molecule has 0 radical (unpaired) electrons. The van der Waals surface area contributed by atoms with E-state index in [-0.39, 0.29) is 23.7 Å². The topological polar surface area (TPSA) is 107 Å². The van der Waals surface area contributed by atoms with Crippen molar-refractivity contribution in [3.8, 4) is 5.75 Å². The second-order valence-corrected chi connectivity index (χ2v) is 7.43. The molecule has 0 saturated heterocycles. The van der Waals surface area contributed by atoms with Crippen LogP contribution in [0.25, 0.3) is 0 Å². The molecule has 1 aliphatic carbocycles. The quantitative estimate of drug-likeness (QED) is 0.790. The molecule has 0 bridgehead atoms. The van der Waals surface area contributed by atoms with Crippen LogP contribution in [0.15, 0.2) is 39.9 Å². The number of fused-ring (bicyclic) bond motifs is 1. The molecule has 1 aliphatic rings. The number of hydrazone groups is 1. The number of rotatable bonds is 5. The number of furan rings is 1. The number of hydrogen-bond donors (Lipinski definition) is 2. The van der Waals surface area contributed by atoms with Gasteiger partial charge in [0, 0.05) is 17.5 Å². The Labute approximate surface area is 157 Å². The predicted octanol–water partition coefficient (Wildman–Crippen LogP) is 2.56. The van der Waals surface area contributed by atoms with E-state index >= 15 is 0 Å². The number of nitrogens with one attached hydrogen (secondary N) is 1. The molecule has 1 aromatic heterocycles. The molecule has 142 valence electrons. The normalized spacial score (nSPS) is 16.6. The summed E-state index contributed by atoms with van der Waals surface area (Å²) in [6.07, 6.45) is 1.30. The molecule has 7 nitrogen and oxygen atoms in total. The van der Waals surface area contributed by atoms with Crippen molar-refractivity contribution in [1.29, 1.82) is 0 Å². The summed E-state index contributed by atoms with van der Waals surface area (Å²) < 4.78 is 11.1. The first-order valence-corrected chi connectivity index (χ1v) is 8.72. The van der Waals surface area contributed by atoms with Gasteiger partial charge >= 0.3 is 0 Å². The van der Waals surface area contributed by atoms with E-state index in [4.69, 9.17) is 14.9 Å². The maximum Gasteiger partial charge on any atom is 0.284 e. The first-order chi connectivity index (χ1) is 12.8. The number of benzene rings is 1. The van der Waals surface area contributed by atoms with E-state index in [1.54, 1.807) is 19.1 Å². The zero-order valence-corrected chi connectivity index (χ0v) is 15.7. The van der Waals surface area contributed by atoms with Crippen molar-refractivity contribution >= 4 is 17.5 Å². The molecule has 7 heteroatoms. The standard InChI is InChI=1S/C20H23N3O4/c1-12-17-14(9-20(2,3)10-15(17)27-18(12)19(21)25)22-23-16(24)11-26-13-7-5-4-6-8-13/h4-8H,9-11H2,1-3H3,(H2,21,25)(H,23,24)/b22-14+. The third kappa shape index (κ3) is 4.19.